The van der Waals surface area contributed by atoms with Gasteiger partial charge in [0.25, 0.3) is 0 Å². The summed E-state index contributed by atoms with van der Waals surface area (Å²) in [5, 5.41) is 19.4. The van der Waals surface area contributed by atoms with Gasteiger partial charge in [0.1, 0.15) is 0 Å². The van der Waals surface area contributed by atoms with Crippen LogP contribution in [0, 0.1) is 33.2 Å². The number of benzene rings is 1. The summed E-state index contributed by atoms with van der Waals surface area (Å²) < 4.78 is 13.5. The van der Waals surface area contributed by atoms with E-state index in [1.807, 2.05) is 0 Å². The number of halogens is 1. The molecule has 5 nitrogen and oxygen atoms in total. The van der Waals surface area contributed by atoms with Gasteiger partial charge in [-0.05, 0) is 31.0 Å². The summed E-state index contributed by atoms with van der Waals surface area (Å²) in [6, 6.07) is 6.21. The van der Waals surface area contributed by atoms with E-state index in [2.05, 4.69) is 11.0 Å². The molecule has 0 N–H and O–H groups in total. The Balaban J connectivity index is 2.05. The van der Waals surface area contributed by atoms with Gasteiger partial charge in [0.15, 0.2) is 0 Å². The molecule has 100 valence electrons. The minimum absolute atomic E-state index is 0.0247. The first-order valence-electron chi connectivity index (χ1n) is 6.15. The molecule has 1 aliphatic rings. The van der Waals surface area contributed by atoms with Crippen LogP contribution in [0.2, 0.25) is 0 Å². The molecule has 1 saturated heterocycles. The predicted octanol–water partition coefficient (Wildman–Crippen LogP) is 2.47. The molecule has 0 saturated carbocycles. The number of likely N-dealkylation sites (tertiary alicyclic amines) is 1. The SMILES string of the molecule is N#CC1CCCN(Cc2ccc([N+](=O)[O-])c(F)c2)C1. The molecule has 1 fully saturated rings. The van der Waals surface area contributed by atoms with E-state index < -0.39 is 16.4 Å². The molecule has 1 heterocycles. The summed E-state index contributed by atoms with van der Waals surface area (Å²) in [6.07, 6.45) is 1.86. The van der Waals surface area contributed by atoms with Crippen LogP contribution in [0.5, 0.6) is 0 Å². The first kappa shape index (κ1) is 13.4. The van der Waals surface area contributed by atoms with E-state index in [1.54, 1.807) is 6.07 Å². The number of hydrogen-bond acceptors (Lipinski definition) is 4. The summed E-state index contributed by atoms with van der Waals surface area (Å²) in [7, 11) is 0. The van der Waals surface area contributed by atoms with E-state index in [9.17, 15) is 14.5 Å². The molecule has 1 aromatic carbocycles. The van der Waals surface area contributed by atoms with Crippen molar-refractivity contribution >= 4 is 5.69 Å². The van der Waals surface area contributed by atoms with Gasteiger partial charge < -0.3 is 0 Å². The Bertz CT molecular complexity index is 527. The summed E-state index contributed by atoms with van der Waals surface area (Å²) in [6.45, 7) is 2.07. The predicted molar refractivity (Wildman–Crippen MR) is 66.7 cm³/mol. The summed E-state index contributed by atoms with van der Waals surface area (Å²) in [5.74, 6) is -0.784. The second-order valence-electron chi connectivity index (χ2n) is 4.75. The van der Waals surface area contributed by atoms with E-state index in [-0.39, 0.29) is 5.92 Å². The van der Waals surface area contributed by atoms with Crippen molar-refractivity contribution in [2.45, 2.75) is 19.4 Å². The molecule has 2 rings (SSSR count). The van der Waals surface area contributed by atoms with E-state index in [1.165, 1.54) is 12.1 Å². The van der Waals surface area contributed by atoms with Gasteiger partial charge in [-0.1, -0.05) is 6.07 Å². The highest BCUT2D eigenvalue weighted by molar-refractivity contribution is 5.35. The lowest BCUT2D eigenvalue weighted by Gasteiger charge is -2.29. The lowest BCUT2D eigenvalue weighted by atomic mass is 9.99. The second-order valence-corrected chi connectivity index (χ2v) is 4.75. The highest BCUT2D eigenvalue weighted by atomic mass is 19.1. The van der Waals surface area contributed by atoms with Gasteiger partial charge in [0.05, 0.1) is 16.9 Å². The van der Waals surface area contributed by atoms with E-state index in [0.29, 0.717) is 18.7 Å². The van der Waals surface area contributed by atoms with E-state index >= 15 is 0 Å². The molecule has 1 aliphatic heterocycles. The van der Waals surface area contributed by atoms with Crippen molar-refractivity contribution in [2.24, 2.45) is 5.92 Å². The third-order valence-corrected chi connectivity index (χ3v) is 3.30. The average molecular weight is 263 g/mol. The van der Waals surface area contributed by atoms with Gasteiger partial charge in [-0.25, -0.2) is 0 Å². The van der Waals surface area contributed by atoms with Crippen molar-refractivity contribution in [3.05, 3.63) is 39.7 Å². The molecule has 1 unspecified atom stereocenters. The highest BCUT2D eigenvalue weighted by Crippen LogP contribution is 2.21. The molecule has 0 aromatic heterocycles. The van der Waals surface area contributed by atoms with Crippen LogP contribution >= 0.6 is 0 Å². The largest absolute Gasteiger partial charge is 0.304 e. The Kier molecular flexibility index (Phi) is 4.07. The molecule has 1 aromatic rings. The lowest BCUT2D eigenvalue weighted by molar-refractivity contribution is -0.387. The fraction of sp³-hybridized carbons (Fsp3) is 0.462. The van der Waals surface area contributed by atoms with Gasteiger partial charge in [0.2, 0.25) is 5.82 Å². The Morgan fingerprint density at radius 3 is 3.00 bits per heavy atom. The molecular weight excluding hydrogens is 249 g/mol. The number of rotatable bonds is 3. The van der Waals surface area contributed by atoms with Crippen LogP contribution in [-0.2, 0) is 6.54 Å². The fourth-order valence-corrected chi connectivity index (χ4v) is 2.36. The first-order chi connectivity index (χ1) is 9.10. The number of nitro benzene ring substituents is 1. The third kappa shape index (κ3) is 3.26. The van der Waals surface area contributed by atoms with Crippen LogP contribution < -0.4 is 0 Å². The number of nitrogens with zero attached hydrogens (tertiary/aromatic N) is 3. The fourth-order valence-electron chi connectivity index (χ4n) is 2.36. The quantitative estimate of drug-likeness (QED) is 0.620. The van der Waals surface area contributed by atoms with Gasteiger partial charge in [-0.2, -0.15) is 9.65 Å². The molecule has 6 heteroatoms. The summed E-state index contributed by atoms with van der Waals surface area (Å²) in [4.78, 5) is 11.9. The van der Waals surface area contributed by atoms with Crippen LogP contribution in [0.4, 0.5) is 10.1 Å². The van der Waals surface area contributed by atoms with Crippen LogP contribution in [0.15, 0.2) is 18.2 Å². The highest BCUT2D eigenvalue weighted by Gasteiger charge is 2.20. The van der Waals surface area contributed by atoms with Crippen molar-refractivity contribution < 1.29 is 9.31 Å². The molecule has 0 aliphatic carbocycles. The normalized spacial score (nSPS) is 19.9. The number of hydrogen-bond donors (Lipinski definition) is 0. The Hall–Kier alpha value is -2.00. The second kappa shape index (κ2) is 5.76. The molecule has 19 heavy (non-hydrogen) atoms. The first-order valence-corrected chi connectivity index (χ1v) is 6.15. The van der Waals surface area contributed by atoms with Gasteiger partial charge >= 0.3 is 5.69 Å². The third-order valence-electron chi connectivity index (χ3n) is 3.30. The van der Waals surface area contributed by atoms with Crippen LogP contribution in [0.25, 0.3) is 0 Å². The molecule has 0 amide bonds. The Labute approximate surface area is 110 Å². The molecular formula is C13H14FN3O2. The number of piperidine rings is 1. The zero-order chi connectivity index (χ0) is 13.8. The van der Waals surface area contributed by atoms with E-state index in [4.69, 9.17) is 5.26 Å². The smallest absolute Gasteiger partial charge is 0.298 e. The molecule has 1 atom stereocenters. The van der Waals surface area contributed by atoms with Gasteiger partial charge in [-0.15, -0.1) is 0 Å². The van der Waals surface area contributed by atoms with Gasteiger partial charge in [-0.3, -0.25) is 15.0 Å². The lowest BCUT2D eigenvalue weighted by Crippen LogP contribution is -2.34. The van der Waals surface area contributed by atoms with Crippen molar-refractivity contribution in [3.8, 4) is 6.07 Å². The maximum absolute atomic E-state index is 13.5. The van der Waals surface area contributed by atoms with Crippen LogP contribution in [0.1, 0.15) is 18.4 Å². The maximum Gasteiger partial charge on any atom is 0.304 e. The topological polar surface area (TPSA) is 70.2 Å². The molecule has 0 spiro atoms. The van der Waals surface area contributed by atoms with Gasteiger partial charge in [0, 0.05) is 19.2 Å². The zero-order valence-electron chi connectivity index (χ0n) is 10.4. The van der Waals surface area contributed by atoms with Crippen molar-refractivity contribution in [1.82, 2.24) is 4.90 Å². The summed E-state index contributed by atoms with van der Waals surface area (Å²) >= 11 is 0. The van der Waals surface area contributed by atoms with Crippen molar-refractivity contribution in [3.63, 3.8) is 0 Å². The summed E-state index contributed by atoms with van der Waals surface area (Å²) in [5.41, 5.74) is 0.194. The minimum Gasteiger partial charge on any atom is -0.298 e. The molecule has 0 bridgehead atoms. The minimum atomic E-state index is -0.809. The Morgan fingerprint density at radius 2 is 2.37 bits per heavy atom. The zero-order valence-corrected chi connectivity index (χ0v) is 10.4. The molecule has 0 radical (unpaired) electrons. The average Bonchev–Trinajstić information content (AvgIpc) is 2.38. The Morgan fingerprint density at radius 1 is 1.58 bits per heavy atom. The van der Waals surface area contributed by atoms with Crippen molar-refractivity contribution in [1.29, 1.82) is 5.26 Å². The maximum atomic E-state index is 13.5. The van der Waals surface area contributed by atoms with E-state index in [0.717, 1.165) is 19.4 Å². The number of nitriles is 1. The van der Waals surface area contributed by atoms with Crippen LogP contribution in [0.3, 0.4) is 0 Å². The van der Waals surface area contributed by atoms with Crippen molar-refractivity contribution in [2.75, 3.05) is 13.1 Å². The standard InChI is InChI=1S/C13H14FN3O2/c14-12-6-10(3-4-13(12)17(18)19)8-16-5-1-2-11(7-15)9-16/h3-4,6,11H,1-2,5,8-9H2. The van der Waals surface area contributed by atoms with Crippen LogP contribution in [-0.4, -0.2) is 22.9 Å². The number of nitro groups is 1. The monoisotopic (exact) mass is 263 g/mol.